The van der Waals surface area contributed by atoms with Crippen LogP contribution in [0.25, 0.3) is 11.4 Å². The first-order valence-corrected chi connectivity index (χ1v) is 24.6. The van der Waals surface area contributed by atoms with Gasteiger partial charge in [0.15, 0.2) is 11.4 Å². The van der Waals surface area contributed by atoms with E-state index in [1.807, 2.05) is 28.8 Å². The molecule has 0 radical (unpaired) electrons. The number of alkyl halides is 6. The van der Waals surface area contributed by atoms with Crippen LogP contribution < -0.4 is 27.4 Å². The van der Waals surface area contributed by atoms with Gasteiger partial charge >= 0.3 is 12.4 Å². The third-order valence-corrected chi connectivity index (χ3v) is 13.5. The molecule has 0 saturated heterocycles. The summed E-state index contributed by atoms with van der Waals surface area (Å²) in [5, 5.41) is 16.8. The zero-order valence-electron chi connectivity index (χ0n) is 40.3. The maximum Gasteiger partial charge on any atom is 0.435 e. The number of amides is 2. The second-order valence-corrected chi connectivity index (χ2v) is 19.1. The standard InChI is InChI=1S/C55H52F6N12O2/c56-54(57,58)48-27-46(72(69-48)42-11-1-5-35(23-42)29-62)52(74)67-40-9-2-6-37(24-40)45(18-17-33-13-14-33)71-31-44(66-32-71)50(63)38-7-4-12-43(26-38)73-47(28-49(70-73)55(59,60)61)53(75)68-41-10-3-8-39(25-41)51(65-30-34-15-16-34)36-19-21-64-22-20-36/h1-12,19-28,31-34,45,50-51,65H,13-18,29-30,62-63H2,(H,67,74)(H,68,75). The van der Waals surface area contributed by atoms with E-state index in [0.717, 1.165) is 64.7 Å². The number of halogens is 6. The van der Waals surface area contributed by atoms with Crippen molar-refractivity contribution in [2.45, 2.75) is 75.5 Å². The third-order valence-electron chi connectivity index (χ3n) is 13.5. The smallest absolute Gasteiger partial charge is 0.330 e. The average molecular weight is 1030 g/mol. The van der Waals surface area contributed by atoms with Crippen LogP contribution in [-0.2, 0) is 18.9 Å². The molecule has 3 unspecified atom stereocenters. The lowest BCUT2D eigenvalue weighted by molar-refractivity contribution is -0.142. The van der Waals surface area contributed by atoms with Crippen molar-refractivity contribution in [2.24, 2.45) is 23.3 Å². The first-order chi connectivity index (χ1) is 36.1. The number of hydrogen-bond acceptors (Lipinski definition) is 9. The lowest BCUT2D eigenvalue weighted by atomic mass is 9.99. The summed E-state index contributed by atoms with van der Waals surface area (Å²) in [6, 6.07) is 30.9. The highest BCUT2D eigenvalue weighted by molar-refractivity contribution is 6.04. The van der Waals surface area contributed by atoms with E-state index in [-0.39, 0.29) is 41.4 Å². The van der Waals surface area contributed by atoms with Crippen molar-refractivity contribution in [3.05, 3.63) is 203 Å². The van der Waals surface area contributed by atoms with Crippen LogP contribution in [0.2, 0.25) is 0 Å². The van der Waals surface area contributed by atoms with Crippen LogP contribution in [-0.4, -0.2) is 52.5 Å². The lowest BCUT2D eigenvalue weighted by Crippen LogP contribution is -2.25. The Hall–Kier alpha value is -7.94. The Morgan fingerprint density at radius 3 is 1.81 bits per heavy atom. The quantitative estimate of drug-likeness (QED) is 0.0491. The number of carbonyl (C=O) groups is 2. The van der Waals surface area contributed by atoms with Crippen LogP contribution in [0.5, 0.6) is 0 Å². The van der Waals surface area contributed by atoms with Gasteiger partial charge in [0.05, 0.1) is 41.5 Å². The molecule has 8 aromatic rings. The van der Waals surface area contributed by atoms with Crippen molar-refractivity contribution in [1.29, 1.82) is 0 Å². The molecule has 2 saturated carbocycles. The van der Waals surface area contributed by atoms with Crippen LogP contribution in [0.3, 0.4) is 0 Å². The molecule has 7 N–H and O–H groups in total. The van der Waals surface area contributed by atoms with E-state index in [1.54, 1.807) is 97.7 Å². The fraction of sp³-hybridized carbons (Fsp3) is 0.273. The molecule has 386 valence electrons. The van der Waals surface area contributed by atoms with Crippen LogP contribution in [0, 0.1) is 11.8 Å². The average Bonchev–Trinajstić information content (AvgIpc) is 4.24. The summed E-state index contributed by atoms with van der Waals surface area (Å²) < 4.78 is 88.6. The van der Waals surface area contributed by atoms with Crippen LogP contribution in [0.1, 0.15) is 123 Å². The Kier molecular flexibility index (Phi) is 14.2. The van der Waals surface area contributed by atoms with E-state index in [4.69, 9.17) is 11.5 Å². The largest absolute Gasteiger partial charge is 0.435 e. The zero-order chi connectivity index (χ0) is 52.4. The van der Waals surface area contributed by atoms with E-state index >= 15 is 0 Å². The van der Waals surface area contributed by atoms with E-state index < -0.39 is 41.6 Å². The topological polar surface area (TPSA) is 189 Å². The first-order valence-electron chi connectivity index (χ1n) is 24.6. The molecule has 2 amide bonds. The van der Waals surface area contributed by atoms with Gasteiger partial charge in [-0.05, 0) is 133 Å². The van der Waals surface area contributed by atoms with E-state index in [2.05, 4.69) is 36.1 Å². The number of nitrogens with one attached hydrogen (secondary N) is 3. The number of benzene rings is 4. The number of nitrogens with zero attached hydrogens (tertiary/aromatic N) is 7. The molecule has 0 bridgehead atoms. The van der Waals surface area contributed by atoms with Crippen molar-refractivity contribution in [1.82, 2.24) is 39.4 Å². The van der Waals surface area contributed by atoms with Gasteiger partial charge < -0.3 is 32.0 Å². The minimum atomic E-state index is -4.87. The first kappa shape index (κ1) is 50.6. The third kappa shape index (κ3) is 11.9. The maximum absolute atomic E-state index is 14.3. The molecule has 0 spiro atoms. The molecule has 4 aromatic heterocycles. The van der Waals surface area contributed by atoms with Crippen molar-refractivity contribution >= 4 is 23.2 Å². The predicted octanol–water partition coefficient (Wildman–Crippen LogP) is 10.6. The van der Waals surface area contributed by atoms with Gasteiger partial charge in [-0.2, -0.15) is 36.5 Å². The molecule has 0 aliphatic heterocycles. The highest BCUT2D eigenvalue weighted by Crippen LogP contribution is 2.39. The highest BCUT2D eigenvalue weighted by Gasteiger charge is 2.38. The molecule has 2 aliphatic carbocycles. The van der Waals surface area contributed by atoms with Gasteiger partial charge in [0.2, 0.25) is 0 Å². The lowest BCUT2D eigenvalue weighted by Gasteiger charge is -2.20. The Balaban J connectivity index is 0.892. The van der Waals surface area contributed by atoms with Crippen molar-refractivity contribution < 1.29 is 35.9 Å². The summed E-state index contributed by atoms with van der Waals surface area (Å²) in [5.74, 6) is -0.494. The van der Waals surface area contributed by atoms with Gasteiger partial charge in [-0.25, -0.2) is 14.3 Å². The number of anilines is 2. The number of carbonyl (C=O) groups excluding carboxylic acids is 2. The van der Waals surface area contributed by atoms with Crippen LogP contribution >= 0.6 is 0 Å². The van der Waals surface area contributed by atoms with E-state index in [9.17, 15) is 35.9 Å². The zero-order valence-corrected chi connectivity index (χ0v) is 40.3. The molecule has 4 aromatic carbocycles. The number of rotatable bonds is 19. The summed E-state index contributed by atoms with van der Waals surface area (Å²) in [6.45, 7) is 0.932. The SMILES string of the molecule is NCc1cccc(-n2nc(C(F)(F)F)cc2C(=O)Nc2cccc(C(CCC3CC3)n3cnc(C(N)c4cccc(-n5nc(C(F)(F)F)cc5C(=O)Nc5cccc(C(NCC6CC6)c6ccncc6)c5)c4)c3)c2)c1. The molecule has 3 atom stereocenters. The van der Waals surface area contributed by atoms with E-state index in [0.29, 0.717) is 58.6 Å². The van der Waals surface area contributed by atoms with Crippen molar-refractivity contribution in [3.8, 4) is 11.4 Å². The fourth-order valence-corrected chi connectivity index (χ4v) is 9.16. The molecule has 2 fully saturated rings. The summed E-state index contributed by atoms with van der Waals surface area (Å²) in [7, 11) is 0. The van der Waals surface area contributed by atoms with Gasteiger partial charge in [-0.3, -0.25) is 14.6 Å². The van der Waals surface area contributed by atoms with Crippen LogP contribution in [0.15, 0.2) is 146 Å². The fourth-order valence-electron chi connectivity index (χ4n) is 9.16. The molecule has 10 rings (SSSR count). The second kappa shape index (κ2) is 21.1. The number of aromatic nitrogens is 7. The Morgan fingerprint density at radius 2 is 1.21 bits per heavy atom. The Morgan fingerprint density at radius 1 is 0.653 bits per heavy atom. The maximum atomic E-state index is 14.3. The van der Waals surface area contributed by atoms with E-state index in [1.165, 1.54) is 12.1 Å². The van der Waals surface area contributed by atoms with Gasteiger partial charge in [-0.1, -0.05) is 61.4 Å². The van der Waals surface area contributed by atoms with Crippen molar-refractivity contribution in [2.75, 3.05) is 17.2 Å². The molecule has 75 heavy (non-hydrogen) atoms. The number of nitrogens with two attached hydrogens (primary N) is 2. The molecule has 2 aliphatic rings. The van der Waals surface area contributed by atoms with Gasteiger partial charge in [0, 0.05) is 48.6 Å². The molecule has 4 heterocycles. The van der Waals surface area contributed by atoms with Crippen molar-refractivity contribution in [3.63, 3.8) is 0 Å². The molecule has 14 nitrogen and oxygen atoms in total. The summed E-state index contributed by atoms with van der Waals surface area (Å²) in [5.41, 5.74) is 14.7. The number of imidazole rings is 1. The number of hydrogen-bond donors (Lipinski definition) is 5. The summed E-state index contributed by atoms with van der Waals surface area (Å²) in [4.78, 5) is 36.7. The van der Waals surface area contributed by atoms with Gasteiger partial charge in [-0.15, -0.1) is 0 Å². The molecular formula is C55H52F6N12O2. The summed E-state index contributed by atoms with van der Waals surface area (Å²) in [6.07, 6.45) is 3.22. The highest BCUT2D eigenvalue weighted by atomic mass is 19.4. The number of pyridine rings is 1. The normalized spacial score (nSPS) is 15.1. The predicted molar refractivity (Wildman–Crippen MR) is 269 cm³/mol. The Bertz CT molecular complexity index is 3320. The van der Waals surface area contributed by atoms with Gasteiger partial charge in [0.1, 0.15) is 11.4 Å². The van der Waals surface area contributed by atoms with Crippen LogP contribution in [0.4, 0.5) is 37.7 Å². The molecular weight excluding hydrogens is 975 g/mol. The minimum Gasteiger partial charge on any atom is -0.330 e. The minimum absolute atomic E-state index is 0.129. The second-order valence-electron chi connectivity index (χ2n) is 19.1. The Labute approximate surface area is 427 Å². The molecule has 20 heteroatoms. The van der Waals surface area contributed by atoms with Gasteiger partial charge in [0.25, 0.3) is 11.8 Å². The monoisotopic (exact) mass is 1030 g/mol. The summed E-state index contributed by atoms with van der Waals surface area (Å²) >= 11 is 0.